The van der Waals surface area contributed by atoms with Gasteiger partial charge in [-0.15, -0.1) is 0 Å². The molecule has 2 nitrogen and oxygen atoms in total. The number of halogens is 1. The summed E-state index contributed by atoms with van der Waals surface area (Å²) < 4.78 is 0. The minimum atomic E-state index is 0.754. The van der Waals surface area contributed by atoms with E-state index in [1.54, 1.807) is 12.3 Å². The molecule has 0 fully saturated rings. The van der Waals surface area contributed by atoms with E-state index >= 15 is 0 Å². The average Bonchev–Trinajstić information content (AvgIpc) is 2.04. The number of hydrogen-bond donors (Lipinski definition) is 0. The molecular formula is C9H13ClN2. The molecule has 0 aliphatic carbocycles. The quantitative estimate of drug-likeness (QED) is 0.716. The van der Waals surface area contributed by atoms with Crippen molar-refractivity contribution in [1.82, 2.24) is 9.88 Å². The van der Waals surface area contributed by atoms with Gasteiger partial charge in [0, 0.05) is 17.8 Å². The average molecular weight is 185 g/mol. The van der Waals surface area contributed by atoms with E-state index in [0.717, 1.165) is 23.8 Å². The standard InChI is InChI=1S/C9H13ClN2/c1-3-12(2)7-9-6-8(10)4-5-11-9/h4-6H,3,7H2,1-2H3. The minimum Gasteiger partial charge on any atom is -0.301 e. The van der Waals surface area contributed by atoms with E-state index < -0.39 is 0 Å². The van der Waals surface area contributed by atoms with E-state index in [-0.39, 0.29) is 0 Å². The summed E-state index contributed by atoms with van der Waals surface area (Å²) in [6.07, 6.45) is 1.74. The van der Waals surface area contributed by atoms with Gasteiger partial charge in [0.25, 0.3) is 0 Å². The lowest BCUT2D eigenvalue weighted by Gasteiger charge is -2.12. The monoisotopic (exact) mass is 184 g/mol. The summed E-state index contributed by atoms with van der Waals surface area (Å²) in [6, 6.07) is 3.69. The van der Waals surface area contributed by atoms with Crippen LogP contribution in [0.3, 0.4) is 0 Å². The van der Waals surface area contributed by atoms with Gasteiger partial charge < -0.3 is 4.90 Å². The third-order valence-corrected chi connectivity index (χ3v) is 1.99. The SMILES string of the molecule is CCN(C)Cc1cc(Cl)ccn1. The van der Waals surface area contributed by atoms with Gasteiger partial charge in [0.05, 0.1) is 5.69 Å². The van der Waals surface area contributed by atoms with Crippen LogP contribution in [0.25, 0.3) is 0 Å². The van der Waals surface area contributed by atoms with E-state index in [4.69, 9.17) is 11.6 Å². The third kappa shape index (κ3) is 2.80. The van der Waals surface area contributed by atoms with Crippen molar-refractivity contribution in [2.75, 3.05) is 13.6 Å². The maximum absolute atomic E-state index is 5.81. The van der Waals surface area contributed by atoms with Gasteiger partial charge in [-0.05, 0) is 25.7 Å². The zero-order valence-corrected chi connectivity index (χ0v) is 8.17. The number of nitrogens with zero attached hydrogens (tertiary/aromatic N) is 2. The summed E-state index contributed by atoms with van der Waals surface area (Å²) in [6.45, 7) is 4.00. The van der Waals surface area contributed by atoms with Gasteiger partial charge in [-0.1, -0.05) is 18.5 Å². The minimum absolute atomic E-state index is 0.754. The van der Waals surface area contributed by atoms with Crippen molar-refractivity contribution in [3.8, 4) is 0 Å². The second kappa shape index (κ2) is 4.43. The Labute approximate surface area is 78.2 Å². The van der Waals surface area contributed by atoms with Crippen LogP contribution in [-0.4, -0.2) is 23.5 Å². The van der Waals surface area contributed by atoms with Crippen molar-refractivity contribution in [1.29, 1.82) is 0 Å². The fourth-order valence-electron chi connectivity index (χ4n) is 0.924. The molecular weight excluding hydrogens is 172 g/mol. The molecule has 1 aromatic heterocycles. The summed E-state index contributed by atoms with van der Waals surface area (Å²) in [5, 5.41) is 0.754. The number of rotatable bonds is 3. The Hall–Kier alpha value is -0.600. The van der Waals surface area contributed by atoms with Crippen molar-refractivity contribution >= 4 is 11.6 Å². The Kier molecular flexibility index (Phi) is 3.50. The lowest BCUT2D eigenvalue weighted by Crippen LogP contribution is -2.17. The van der Waals surface area contributed by atoms with Crippen LogP contribution in [0.2, 0.25) is 5.02 Å². The second-order valence-electron chi connectivity index (χ2n) is 2.80. The van der Waals surface area contributed by atoms with Crippen LogP contribution in [0.5, 0.6) is 0 Å². The zero-order chi connectivity index (χ0) is 8.97. The molecule has 0 aliphatic rings. The first-order valence-electron chi connectivity index (χ1n) is 4.01. The highest BCUT2D eigenvalue weighted by atomic mass is 35.5. The highest BCUT2D eigenvalue weighted by molar-refractivity contribution is 6.30. The normalized spacial score (nSPS) is 10.7. The van der Waals surface area contributed by atoms with E-state index in [1.807, 2.05) is 6.07 Å². The molecule has 12 heavy (non-hydrogen) atoms. The van der Waals surface area contributed by atoms with Gasteiger partial charge in [0.1, 0.15) is 0 Å². The van der Waals surface area contributed by atoms with E-state index in [0.29, 0.717) is 0 Å². The molecule has 0 bridgehead atoms. The molecule has 0 spiro atoms. The maximum atomic E-state index is 5.81. The van der Waals surface area contributed by atoms with Crippen LogP contribution < -0.4 is 0 Å². The Morgan fingerprint density at radius 2 is 2.33 bits per heavy atom. The molecule has 0 saturated heterocycles. The van der Waals surface area contributed by atoms with Gasteiger partial charge in [-0.2, -0.15) is 0 Å². The fraction of sp³-hybridized carbons (Fsp3) is 0.444. The summed E-state index contributed by atoms with van der Waals surface area (Å²) in [5.41, 5.74) is 1.02. The maximum Gasteiger partial charge on any atom is 0.0558 e. The first kappa shape index (κ1) is 9.49. The Bertz CT molecular complexity index is 250. The van der Waals surface area contributed by atoms with Crippen LogP contribution in [-0.2, 0) is 6.54 Å². The molecule has 0 amide bonds. The largest absolute Gasteiger partial charge is 0.301 e. The topological polar surface area (TPSA) is 16.1 Å². The number of hydrogen-bond acceptors (Lipinski definition) is 2. The van der Waals surface area contributed by atoms with Gasteiger partial charge in [-0.3, -0.25) is 4.98 Å². The Balaban J connectivity index is 2.63. The molecule has 66 valence electrons. The lowest BCUT2D eigenvalue weighted by molar-refractivity contribution is 0.341. The Morgan fingerprint density at radius 1 is 1.58 bits per heavy atom. The van der Waals surface area contributed by atoms with Crippen molar-refractivity contribution in [2.45, 2.75) is 13.5 Å². The van der Waals surface area contributed by atoms with Gasteiger partial charge in [0.15, 0.2) is 0 Å². The lowest BCUT2D eigenvalue weighted by atomic mass is 10.3. The zero-order valence-electron chi connectivity index (χ0n) is 7.42. The fourth-order valence-corrected chi connectivity index (χ4v) is 1.11. The van der Waals surface area contributed by atoms with Crippen LogP contribution in [0.4, 0.5) is 0 Å². The molecule has 1 aromatic rings. The Morgan fingerprint density at radius 3 is 2.92 bits per heavy atom. The van der Waals surface area contributed by atoms with Crippen molar-refractivity contribution in [2.24, 2.45) is 0 Å². The molecule has 0 saturated carbocycles. The molecule has 0 unspecified atom stereocenters. The van der Waals surface area contributed by atoms with Gasteiger partial charge in [0.2, 0.25) is 0 Å². The molecule has 0 N–H and O–H groups in total. The molecule has 1 rings (SSSR count). The molecule has 3 heteroatoms. The molecule has 0 atom stereocenters. The van der Waals surface area contributed by atoms with E-state index in [1.165, 1.54) is 0 Å². The summed E-state index contributed by atoms with van der Waals surface area (Å²) >= 11 is 5.81. The van der Waals surface area contributed by atoms with Crippen LogP contribution in [0.1, 0.15) is 12.6 Å². The van der Waals surface area contributed by atoms with Crippen molar-refractivity contribution < 1.29 is 0 Å². The number of aromatic nitrogens is 1. The van der Waals surface area contributed by atoms with Crippen LogP contribution in [0.15, 0.2) is 18.3 Å². The highest BCUT2D eigenvalue weighted by Gasteiger charge is 1.98. The molecule has 1 heterocycles. The van der Waals surface area contributed by atoms with Crippen LogP contribution >= 0.6 is 11.6 Å². The highest BCUT2D eigenvalue weighted by Crippen LogP contribution is 2.08. The second-order valence-corrected chi connectivity index (χ2v) is 3.23. The smallest absolute Gasteiger partial charge is 0.0558 e. The van der Waals surface area contributed by atoms with Crippen LogP contribution in [0, 0.1) is 0 Å². The van der Waals surface area contributed by atoms with Gasteiger partial charge >= 0.3 is 0 Å². The predicted molar refractivity (Wildman–Crippen MR) is 51.3 cm³/mol. The molecule has 0 aromatic carbocycles. The van der Waals surface area contributed by atoms with Gasteiger partial charge in [-0.25, -0.2) is 0 Å². The van der Waals surface area contributed by atoms with E-state index in [9.17, 15) is 0 Å². The number of pyridine rings is 1. The first-order chi connectivity index (χ1) is 5.72. The third-order valence-electron chi connectivity index (χ3n) is 1.75. The van der Waals surface area contributed by atoms with Crippen molar-refractivity contribution in [3.63, 3.8) is 0 Å². The molecule has 0 radical (unpaired) electrons. The molecule has 0 aliphatic heterocycles. The predicted octanol–water partition coefficient (Wildman–Crippen LogP) is 2.19. The summed E-state index contributed by atoms with van der Waals surface area (Å²) in [7, 11) is 2.06. The summed E-state index contributed by atoms with van der Waals surface area (Å²) in [4.78, 5) is 6.38. The van der Waals surface area contributed by atoms with E-state index in [2.05, 4.69) is 23.9 Å². The summed E-state index contributed by atoms with van der Waals surface area (Å²) in [5.74, 6) is 0. The van der Waals surface area contributed by atoms with Crippen molar-refractivity contribution in [3.05, 3.63) is 29.0 Å². The first-order valence-corrected chi connectivity index (χ1v) is 4.39.